The van der Waals surface area contributed by atoms with E-state index in [1.165, 1.54) is 0 Å². The monoisotopic (exact) mass is 408 g/mol. The number of aromatic nitrogens is 3. The first-order chi connectivity index (χ1) is 13.5. The molecule has 0 aliphatic heterocycles. The van der Waals surface area contributed by atoms with E-state index < -0.39 is 5.91 Å². The number of halogens is 2. The van der Waals surface area contributed by atoms with Gasteiger partial charge in [0.2, 0.25) is 0 Å². The minimum Gasteiger partial charge on any atom is -0.364 e. The van der Waals surface area contributed by atoms with Crippen LogP contribution >= 0.6 is 23.2 Å². The highest BCUT2D eigenvalue weighted by molar-refractivity contribution is 6.36. The first-order valence-electron chi connectivity index (χ1n) is 8.40. The molecule has 4 aromatic rings. The summed E-state index contributed by atoms with van der Waals surface area (Å²) < 4.78 is 1.60. The molecule has 0 saturated carbocycles. The van der Waals surface area contributed by atoms with Gasteiger partial charge in [-0.3, -0.25) is 4.79 Å². The van der Waals surface area contributed by atoms with Crippen LogP contribution in [0.15, 0.2) is 72.9 Å². The molecule has 138 valence electrons. The van der Waals surface area contributed by atoms with E-state index in [2.05, 4.69) is 10.1 Å². The summed E-state index contributed by atoms with van der Waals surface area (Å²) in [7, 11) is 0. The molecule has 0 aliphatic carbocycles. The summed E-state index contributed by atoms with van der Waals surface area (Å²) in [6.45, 7) is 0. The number of carbonyl (C=O) groups excluding carboxylic acids is 1. The number of nitrogens with zero attached hydrogens (tertiary/aromatic N) is 3. The second kappa shape index (κ2) is 7.46. The second-order valence-electron chi connectivity index (χ2n) is 6.08. The predicted molar refractivity (Wildman–Crippen MR) is 111 cm³/mol. The van der Waals surface area contributed by atoms with Gasteiger partial charge in [-0.05, 0) is 35.9 Å². The minimum atomic E-state index is -0.597. The quantitative estimate of drug-likeness (QED) is 0.515. The second-order valence-corrected chi connectivity index (χ2v) is 6.92. The van der Waals surface area contributed by atoms with Gasteiger partial charge >= 0.3 is 0 Å². The topological polar surface area (TPSA) is 73.8 Å². The van der Waals surface area contributed by atoms with E-state index in [4.69, 9.17) is 28.9 Å². The molecule has 0 aliphatic rings. The lowest BCUT2D eigenvalue weighted by molar-refractivity contribution is 0.0995. The van der Waals surface area contributed by atoms with Gasteiger partial charge < -0.3 is 5.73 Å². The molecule has 2 aromatic carbocycles. The molecule has 0 atom stereocenters. The highest BCUT2D eigenvalue weighted by Gasteiger charge is 2.15. The lowest BCUT2D eigenvalue weighted by Crippen LogP contribution is -2.12. The zero-order valence-electron chi connectivity index (χ0n) is 14.5. The minimum absolute atomic E-state index is 0.172. The predicted octanol–water partition coefficient (Wildman–Crippen LogP) is 5.01. The van der Waals surface area contributed by atoms with Crippen molar-refractivity contribution < 1.29 is 4.79 Å². The van der Waals surface area contributed by atoms with E-state index in [9.17, 15) is 4.79 Å². The van der Waals surface area contributed by atoms with Crippen molar-refractivity contribution in [3.63, 3.8) is 0 Å². The van der Waals surface area contributed by atoms with Crippen LogP contribution in [0, 0.1) is 0 Å². The molecule has 2 heterocycles. The van der Waals surface area contributed by atoms with Crippen molar-refractivity contribution >= 4 is 29.1 Å². The van der Waals surface area contributed by atoms with Crippen molar-refractivity contribution in [2.75, 3.05) is 0 Å². The largest absolute Gasteiger partial charge is 0.364 e. The van der Waals surface area contributed by atoms with Crippen LogP contribution in [0.4, 0.5) is 0 Å². The Morgan fingerprint density at radius 2 is 1.68 bits per heavy atom. The zero-order valence-corrected chi connectivity index (χ0v) is 16.0. The molecule has 0 saturated heterocycles. The molecular weight excluding hydrogens is 395 g/mol. The Kier molecular flexibility index (Phi) is 4.86. The summed E-state index contributed by atoms with van der Waals surface area (Å²) in [5, 5.41) is 5.47. The van der Waals surface area contributed by atoms with Gasteiger partial charge in [-0.2, -0.15) is 5.10 Å². The summed E-state index contributed by atoms with van der Waals surface area (Å²) in [5.74, 6) is -0.00433. The van der Waals surface area contributed by atoms with Gasteiger partial charge in [0.05, 0.1) is 5.69 Å². The van der Waals surface area contributed by atoms with Crippen molar-refractivity contribution in [2.45, 2.75) is 0 Å². The first kappa shape index (κ1) is 18.2. The third-order valence-corrected chi connectivity index (χ3v) is 4.80. The van der Waals surface area contributed by atoms with E-state index in [-0.39, 0.29) is 5.69 Å². The first-order valence-corrected chi connectivity index (χ1v) is 9.15. The number of carbonyl (C=O) groups is 1. The number of primary amides is 1. The van der Waals surface area contributed by atoms with Crippen LogP contribution in [0.2, 0.25) is 10.0 Å². The van der Waals surface area contributed by atoms with E-state index >= 15 is 0 Å². The molecular formula is C21H14Cl2N4O. The fourth-order valence-corrected chi connectivity index (χ4v) is 3.42. The molecule has 0 bridgehead atoms. The number of pyridine rings is 1. The SMILES string of the molecule is NC(=O)c1cc(-c2ccc(-c3ccc(Cl)cc3Cl)cc2)n(-c2ccccn2)n1. The molecule has 2 aromatic heterocycles. The Bertz CT molecular complexity index is 1160. The standard InChI is InChI=1S/C21H14Cl2N4O/c22-15-8-9-16(17(23)11-15)13-4-6-14(7-5-13)19-12-18(21(24)28)26-27(19)20-3-1-2-10-25-20/h1-12H,(H2,24,28). The van der Waals surface area contributed by atoms with Crippen molar-refractivity contribution in [2.24, 2.45) is 5.73 Å². The van der Waals surface area contributed by atoms with Gasteiger partial charge in [-0.15, -0.1) is 0 Å². The lowest BCUT2D eigenvalue weighted by atomic mass is 10.0. The smallest absolute Gasteiger partial charge is 0.269 e. The van der Waals surface area contributed by atoms with Crippen molar-refractivity contribution in [1.82, 2.24) is 14.8 Å². The maximum Gasteiger partial charge on any atom is 0.269 e. The third-order valence-electron chi connectivity index (χ3n) is 4.25. The summed E-state index contributed by atoms with van der Waals surface area (Å²) in [5.41, 5.74) is 8.99. The Hall–Kier alpha value is -3.15. The fourth-order valence-electron chi connectivity index (χ4n) is 2.90. The number of amides is 1. The van der Waals surface area contributed by atoms with Crippen LogP contribution in [0.1, 0.15) is 10.5 Å². The van der Waals surface area contributed by atoms with Gasteiger partial charge in [0.1, 0.15) is 0 Å². The molecule has 1 amide bonds. The number of benzene rings is 2. The van der Waals surface area contributed by atoms with Gasteiger partial charge in [-0.1, -0.05) is 59.6 Å². The van der Waals surface area contributed by atoms with Gasteiger partial charge in [0.15, 0.2) is 11.5 Å². The molecule has 28 heavy (non-hydrogen) atoms. The van der Waals surface area contributed by atoms with Crippen LogP contribution in [0.5, 0.6) is 0 Å². The molecule has 5 nitrogen and oxygen atoms in total. The average molecular weight is 409 g/mol. The molecule has 4 rings (SSSR count). The fraction of sp³-hybridized carbons (Fsp3) is 0. The number of rotatable bonds is 4. The van der Waals surface area contributed by atoms with Crippen molar-refractivity contribution in [3.05, 3.63) is 88.7 Å². The summed E-state index contributed by atoms with van der Waals surface area (Å²) in [6, 6.07) is 20.3. The molecule has 2 N–H and O–H groups in total. The van der Waals surface area contributed by atoms with Crippen molar-refractivity contribution in [3.8, 4) is 28.2 Å². The maximum atomic E-state index is 11.6. The van der Waals surface area contributed by atoms with Crippen LogP contribution < -0.4 is 5.73 Å². The summed E-state index contributed by atoms with van der Waals surface area (Å²) in [6.07, 6.45) is 1.66. The zero-order chi connectivity index (χ0) is 19.7. The Morgan fingerprint density at radius 3 is 2.32 bits per heavy atom. The molecule has 0 spiro atoms. The van der Waals surface area contributed by atoms with E-state index in [1.807, 2.05) is 48.5 Å². The summed E-state index contributed by atoms with van der Waals surface area (Å²) >= 11 is 12.3. The Labute approximate surface area is 171 Å². The third kappa shape index (κ3) is 3.50. The average Bonchev–Trinajstić information content (AvgIpc) is 3.15. The highest BCUT2D eigenvalue weighted by atomic mass is 35.5. The summed E-state index contributed by atoms with van der Waals surface area (Å²) in [4.78, 5) is 15.9. The molecule has 0 fully saturated rings. The number of hydrogen-bond donors (Lipinski definition) is 1. The van der Waals surface area contributed by atoms with Crippen molar-refractivity contribution in [1.29, 1.82) is 0 Å². The van der Waals surface area contributed by atoms with Crippen LogP contribution in [-0.4, -0.2) is 20.7 Å². The Balaban J connectivity index is 1.78. The van der Waals surface area contributed by atoms with Gasteiger partial charge in [0, 0.05) is 27.4 Å². The normalized spacial score (nSPS) is 10.8. The number of hydrogen-bond acceptors (Lipinski definition) is 3. The Morgan fingerprint density at radius 1 is 0.929 bits per heavy atom. The highest BCUT2D eigenvalue weighted by Crippen LogP contribution is 2.32. The maximum absolute atomic E-state index is 11.6. The van der Waals surface area contributed by atoms with Crippen LogP contribution in [0.3, 0.4) is 0 Å². The molecule has 7 heteroatoms. The van der Waals surface area contributed by atoms with Crippen LogP contribution in [0.25, 0.3) is 28.2 Å². The van der Waals surface area contributed by atoms with Gasteiger partial charge in [-0.25, -0.2) is 9.67 Å². The van der Waals surface area contributed by atoms with E-state index in [0.29, 0.717) is 21.6 Å². The number of nitrogens with two attached hydrogens (primary N) is 1. The van der Waals surface area contributed by atoms with Crippen LogP contribution in [-0.2, 0) is 0 Å². The molecule has 0 unspecified atom stereocenters. The van der Waals surface area contributed by atoms with Gasteiger partial charge in [0.25, 0.3) is 5.91 Å². The molecule has 0 radical (unpaired) electrons. The lowest BCUT2D eigenvalue weighted by Gasteiger charge is -2.09. The van der Waals surface area contributed by atoms with E-state index in [0.717, 1.165) is 16.7 Å². The van der Waals surface area contributed by atoms with E-state index in [1.54, 1.807) is 29.1 Å².